The lowest BCUT2D eigenvalue weighted by Crippen LogP contribution is -2.18. The van der Waals surface area contributed by atoms with Crippen molar-refractivity contribution in [2.24, 2.45) is 10.7 Å². The molecule has 5 N–H and O–H groups in total. The molecule has 78 valence electrons. The van der Waals surface area contributed by atoms with Crippen molar-refractivity contribution in [1.82, 2.24) is 15.0 Å². The molecule has 1 rings (SSSR count). The molecule has 0 saturated carbocycles. The molecular formula is C6H12N6OS. The Bertz CT molecular complexity index is 311. The van der Waals surface area contributed by atoms with Gasteiger partial charge in [0.15, 0.2) is 17.3 Å². The molecule has 0 bridgehead atoms. The minimum atomic E-state index is 0.157. The zero-order valence-corrected chi connectivity index (χ0v) is 8.54. The smallest absolute Gasteiger partial charge is 0.199 e. The molecule has 8 heteroatoms. The van der Waals surface area contributed by atoms with Crippen LogP contribution in [0.15, 0.2) is 9.62 Å². The molecule has 1 aromatic rings. The van der Waals surface area contributed by atoms with E-state index in [1.807, 2.05) is 6.26 Å². The zero-order valence-electron chi connectivity index (χ0n) is 7.73. The summed E-state index contributed by atoms with van der Waals surface area (Å²) in [5.74, 6) is 0.399. The highest BCUT2D eigenvalue weighted by molar-refractivity contribution is 7.96. The van der Waals surface area contributed by atoms with Gasteiger partial charge in [-0.3, -0.25) is 9.71 Å². The van der Waals surface area contributed by atoms with E-state index in [2.05, 4.69) is 24.7 Å². The normalized spacial score (nSPS) is 11.9. The zero-order chi connectivity index (χ0) is 10.4. The first-order valence-electron chi connectivity index (χ1n) is 3.90. The van der Waals surface area contributed by atoms with Crippen molar-refractivity contribution in [3.63, 3.8) is 0 Å². The first kappa shape index (κ1) is 10.8. The first-order valence-corrected chi connectivity index (χ1v) is 5.12. The van der Waals surface area contributed by atoms with Gasteiger partial charge in [0.05, 0.1) is 6.54 Å². The van der Waals surface area contributed by atoms with Gasteiger partial charge in [-0.05, 0) is 16.6 Å². The van der Waals surface area contributed by atoms with Crippen LogP contribution in [0.3, 0.4) is 0 Å². The topological polar surface area (TPSA) is 115 Å². The molecule has 7 nitrogen and oxygen atoms in total. The molecule has 0 radical (unpaired) electrons. The monoisotopic (exact) mass is 216 g/mol. The number of nitrogens with two attached hydrogens (primary N) is 2. The minimum Gasteiger partial charge on any atom is -0.382 e. The van der Waals surface area contributed by atoms with Gasteiger partial charge < -0.3 is 11.5 Å². The van der Waals surface area contributed by atoms with Crippen LogP contribution in [-0.4, -0.2) is 35.5 Å². The van der Waals surface area contributed by atoms with Crippen LogP contribution >= 0.6 is 11.9 Å². The second kappa shape index (κ2) is 5.45. The van der Waals surface area contributed by atoms with E-state index in [1.165, 1.54) is 11.9 Å². The molecule has 0 aromatic carbocycles. The van der Waals surface area contributed by atoms with Gasteiger partial charge in [0.25, 0.3) is 0 Å². The van der Waals surface area contributed by atoms with Crippen LogP contribution in [0.5, 0.6) is 0 Å². The lowest BCUT2D eigenvalue weighted by atomic mass is 10.4. The van der Waals surface area contributed by atoms with Crippen molar-refractivity contribution in [2.75, 3.05) is 25.1 Å². The number of aromatic nitrogens is 2. The Kier molecular flexibility index (Phi) is 4.20. The lowest BCUT2D eigenvalue weighted by molar-refractivity contribution is 0.308. The summed E-state index contributed by atoms with van der Waals surface area (Å²) >= 11 is 1.52. The summed E-state index contributed by atoms with van der Waals surface area (Å²) in [6.45, 7) is 1.28. The first-order chi connectivity index (χ1) is 6.75. The molecule has 0 saturated heterocycles. The fourth-order valence-electron chi connectivity index (χ4n) is 0.772. The second-order valence-electron chi connectivity index (χ2n) is 2.36. The number of nitrogen functional groups attached to an aromatic ring is 1. The molecule has 0 atom stereocenters. The van der Waals surface area contributed by atoms with E-state index < -0.39 is 0 Å². The number of nitrogens with one attached hydrogen (secondary N) is 1. The summed E-state index contributed by atoms with van der Waals surface area (Å²) in [7, 11) is 0. The third-order valence-corrected chi connectivity index (χ3v) is 1.89. The quantitative estimate of drug-likeness (QED) is 0.256. The Hall–Kier alpha value is -1.28. The van der Waals surface area contributed by atoms with Gasteiger partial charge in [-0.2, -0.15) is 0 Å². The number of hydrogen-bond donors (Lipinski definition) is 3. The Balaban J connectivity index is 2.48. The van der Waals surface area contributed by atoms with E-state index in [0.717, 1.165) is 6.54 Å². The Labute approximate surface area is 85.4 Å². The number of anilines is 1. The number of rotatable bonds is 5. The lowest BCUT2D eigenvalue weighted by Gasteiger charge is -1.97. The van der Waals surface area contributed by atoms with Crippen molar-refractivity contribution >= 4 is 23.6 Å². The summed E-state index contributed by atoms with van der Waals surface area (Å²) in [4.78, 5) is 4.04. The highest BCUT2D eigenvalue weighted by atomic mass is 32.2. The van der Waals surface area contributed by atoms with Crippen LogP contribution in [0.1, 0.15) is 5.69 Å². The van der Waals surface area contributed by atoms with Crippen LogP contribution in [0, 0.1) is 0 Å². The molecule has 0 fully saturated rings. The maximum Gasteiger partial charge on any atom is 0.199 e. The third kappa shape index (κ3) is 2.89. The number of hydrogen-bond acceptors (Lipinski definition) is 7. The minimum absolute atomic E-state index is 0.157. The summed E-state index contributed by atoms with van der Waals surface area (Å²) in [6.07, 6.45) is 1.94. The van der Waals surface area contributed by atoms with Gasteiger partial charge in [0, 0.05) is 6.54 Å². The number of nitrogens with zero attached hydrogens (tertiary/aromatic N) is 3. The van der Waals surface area contributed by atoms with Gasteiger partial charge in [-0.15, -0.1) is 0 Å². The van der Waals surface area contributed by atoms with Crippen molar-refractivity contribution in [2.45, 2.75) is 0 Å². The van der Waals surface area contributed by atoms with Gasteiger partial charge in [-0.25, -0.2) is 4.63 Å². The predicted octanol–water partition coefficient (Wildman–Crippen LogP) is -0.775. The van der Waals surface area contributed by atoms with Crippen LogP contribution in [0.4, 0.5) is 5.82 Å². The van der Waals surface area contributed by atoms with Gasteiger partial charge in [0.1, 0.15) is 0 Å². The van der Waals surface area contributed by atoms with E-state index >= 15 is 0 Å². The average Bonchev–Trinajstić information content (AvgIpc) is 2.59. The maximum atomic E-state index is 5.60. The molecule has 0 aliphatic carbocycles. The largest absolute Gasteiger partial charge is 0.382 e. The molecule has 0 unspecified atom stereocenters. The fraction of sp³-hybridized carbons (Fsp3) is 0.500. The Morgan fingerprint density at radius 3 is 3.00 bits per heavy atom. The van der Waals surface area contributed by atoms with E-state index in [-0.39, 0.29) is 11.7 Å². The molecule has 0 amide bonds. The summed E-state index contributed by atoms with van der Waals surface area (Å²) in [5.41, 5.74) is 11.3. The summed E-state index contributed by atoms with van der Waals surface area (Å²) in [6, 6.07) is 0. The molecule has 0 aliphatic heterocycles. The highest BCUT2D eigenvalue weighted by Crippen LogP contribution is 2.02. The van der Waals surface area contributed by atoms with Crippen LogP contribution in [0.2, 0.25) is 0 Å². The SMILES string of the molecule is CSNCCN=C(N)c1nonc1N. The Morgan fingerprint density at radius 1 is 1.64 bits per heavy atom. The molecule has 14 heavy (non-hydrogen) atoms. The van der Waals surface area contributed by atoms with Gasteiger partial charge in [-0.1, -0.05) is 11.9 Å². The number of aliphatic imine (C=N–C) groups is 1. The summed E-state index contributed by atoms with van der Waals surface area (Å²) in [5, 5.41) is 6.92. The van der Waals surface area contributed by atoms with E-state index in [0.29, 0.717) is 12.2 Å². The van der Waals surface area contributed by atoms with Crippen LogP contribution in [-0.2, 0) is 0 Å². The van der Waals surface area contributed by atoms with Crippen molar-refractivity contribution in [1.29, 1.82) is 0 Å². The molecule has 0 aliphatic rings. The molecular weight excluding hydrogens is 204 g/mol. The highest BCUT2D eigenvalue weighted by Gasteiger charge is 2.09. The average molecular weight is 216 g/mol. The standard InChI is InChI=1S/C6H12N6OS/c1-14-10-3-2-9-5(7)4-6(8)12-13-11-4/h10H,2-3H2,1H3,(H2,7,9)(H2,8,12). The maximum absolute atomic E-state index is 5.60. The van der Waals surface area contributed by atoms with E-state index in [1.54, 1.807) is 0 Å². The summed E-state index contributed by atoms with van der Waals surface area (Å²) < 4.78 is 7.42. The van der Waals surface area contributed by atoms with E-state index in [9.17, 15) is 0 Å². The van der Waals surface area contributed by atoms with Crippen LogP contribution in [0.25, 0.3) is 0 Å². The van der Waals surface area contributed by atoms with Crippen molar-refractivity contribution in [3.05, 3.63) is 5.69 Å². The van der Waals surface area contributed by atoms with Gasteiger partial charge >= 0.3 is 0 Å². The third-order valence-electron chi connectivity index (χ3n) is 1.40. The Morgan fingerprint density at radius 2 is 2.43 bits per heavy atom. The van der Waals surface area contributed by atoms with Crippen molar-refractivity contribution in [3.8, 4) is 0 Å². The molecule has 1 heterocycles. The molecule has 1 aromatic heterocycles. The predicted molar refractivity (Wildman–Crippen MR) is 55.8 cm³/mol. The fourth-order valence-corrected chi connectivity index (χ4v) is 1.07. The van der Waals surface area contributed by atoms with Gasteiger partial charge in [0.2, 0.25) is 0 Å². The van der Waals surface area contributed by atoms with Crippen LogP contribution < -0.4 is 16.2 Å². The van der Waals surface area contributed by atoms with Crippen molar-refractivity contribution < 1.29 is 4.63 Å². The molecule has 0 spiro atoms. The second-order valence-corrected chi connectivity index (χ2v) is 3.06. The van der Waals surface area contributed by atoms with E-state index in [4.69, 9.17) is 11.5 Å². The number of amidine groups is 1.